The van der Waals surface area contributed by atoms with Crippen LogP contribution in [0.3, 0.4) is 0 Å². The molecular formula is C22H21F4N3O3S. The van der Waals surface area contributed by atoms with Gasteiger partial charge in [0.1, 0.15) is 5.82 Å². The maximum atomic E-state index is 13.3. The highest BCUT2D eigenvalue weighted by molar-refractivity contribution is 7.91. The van der Waals surface area contributed by atoms with Gasteiger partial charge in [0.25, 0.3) is 5.91 Å². The number of H-pyrrole nitrogens is 1. The van der Waals surface area contributed by atoms with Crippen molar-refractivity contribution in [3.8, 4) is 0 Å². The molecule has 4 rings (SSSR count). The van der Waals surface area contributed by atoms with Gasteiger partial charge in [0.2, 0.25) is 0 Å². The molecule has 176 valence electrons. The van der Waals surface area contributed by atoms with Crippen molar-refractivity contribution in [2.45, 2.75) is 42.8 Å². The molecule has 1 amide bonds. The Morgan fingerprint density at radius 3 is 2.52 bits per heavy atom. The number of hydrogen-bond acceptors (Lipinski definition) is 4. The average molecular weight is 483 g/mol. The lowest BCUT2D eigenvalue weighted by atomic mass is 9.87. The van der Waals surface area contributed by atoms with E-state index < -0.39 is 33.3 Å². The van der Waals surface area contributed by atoms with Gasteiger partial charge in [-0.05, 0) is 68.0 Å². The molecule has 1 aliphatic carbocycles. The molecule has 1 aliphatic rings. The second-order valence-electron chi connectivity index (χ2n) is 8.24. The zero-order valence-electron chi connectivity index (χ0n) is 17.3. The number of fused-ring (bicyclic) bond motifs is 1. The van der Waals surface area contributed by atoms with Gasteiger partial charge < -0.3 is 10.3 Å². The number of nitrogens with one attached hydrogen (secondary N) is 2. The predicted molar refractivity (Wildman–Crippen MR) is 113 cm³/mol. The Balaban J connectivity index is 1.34. The van der Waals surface area contributed by atoms with Crippen LogP contribution in [0.25, 0.3) is 11.0 Å². The molecule has 0 bridgehead atoms. The number of hydrogen-bond donors (Lipinski definition) is 2. The van der Waals surface area contributed by atoms with Gasteiger partial charge in [-0.25, -0.2) is 17.8 Å². The van der Waals surface area contributed by atoms with Crippen LogP contribution < -0.4 is 5.32 Å². The van der Waals surface area contributed by atoms with E-state index in [1.165, 1.54) is 24.3 Å². The highest BCUT2D eigenvalue weighted by Gasteiger charge is 2.33. The summed E-state index contributed by atoms with van der Waals surface area (Å²) in [5.74, 6) is -1.29. The fourth-order valence-electron chi connectivity index (χ4n) is 4.09. The van der Waals surface area contributed by atoms with Crippen molar-refractivity contribution in [2.24, 2.45) is 5.92 Å². The SMILES string of the molecule is O=C(NC1CCC(CS(=O)(=O)c2cccc(C(F)(F)F)c2)CC1)c1nc2ccc(F)cc2[nH]1. The largest absolute Gasteiger partial charge is 0.416 e. The fourth-order valence-corrected chi connectivity index (χ4v) is 5.83. The molecule has 1 aromatic heterocycles. The molecular weight excluding hydrogens is 462 g/mol. The van der Waals surface area contributed by atoms with E-state index in [2.05, 4.69) is 15.3 Å². The van der Waals surface area contributed by atoms with Crippen LogP contribution in [-0.4, -0.2) is 36.1 Å². The lowest BCUT2D eigenvalue weighted by Gasteiger charge is -2.28. The van der Waals surface area contributed by atoms with Gasteiger partial charge in [0.15, 0.2) is 15.7 Å². The Morgan fingerprint density at radius 1 is 1.09 bits per heavy atom. The molecule has 2 aromatic carbocycles. The maximum Gasteiger partial charge on any atom is 0.416 e. The van der Waals surface area contributed by atoms with Gasteiger partial charge in [-0.1, -0.05) is 6.07 Å². The first-order chi connectivity index (χ1) is 15.5. The van der Waals surface area contributed by atoms with Crippen LogP contribution >= 0.6 is 0 Å². The Hall–Kier alpha value is -2.95. The normalized spacial score (nSPS) is 19.5. The number of halogens is 4. The van der Waals surface area contributed by atoms with Crippen molar-refractivity contribution in [3.05, 3.63) is 59.7 Å². The van der Waals surface area contributed by atoms with Crippen LogP contribution in [-0.2, 0) is 16.0 Å². The number of aromatic nitrogens is 2. The highest BCUT2D eigenvalue weighted by atomic mass is 32.2. The summed E-state index contributed by atoms with van der Waals surface area (Å²) in [6, 6.07) is 7.55. The first kappa shape index (κ1) is 23.2. The standard InChI is InChI=1S/C22H21F4N3O3S/c23-15-6-9-18-19(11-15)29-20(28-18)21(30)27-16-7-4-13(5-8-16)12-33(31,32)17-3-1-2-14(10-17)22(24,25)26/h1-3,6,9-11,13,16H,4-5,7-8,12H2,(H,27,30)(H,28,29). The van der Waals surface area contributed by atoms with Crippen LogP contribution in [0, 0.1) is 11.7 Å². The summed E-state index contributed by atoms with van der Waals surface area (Å²) < 4.78 is 77.4. The van der Waals surface area contributed by atoms with Gasteiger partial charge in [0, 0.05) is 6.04 Å². The molecule has 3 aromatic rings. The molecule has 0 aliphatic heterocycles. The Bertz CT molecular complexity index is 1280. The number of alkyl halides is 3. The highest BCUT2D eigenvalue weighted by Crippen LogP contribution is 2.32. The number of imidazole rings is 1. The summed E-state index contributed by atoms with van der Waals surface area (Å²) in [7, 11) is -3.88. The fraction of sp³-hybridized carbons (Fsp3) is 0.364. The second-order valence-corrected chi connectivity index (χ2v) is 10.3. The van der Waals surface area contributed by atoms with E-state index in [0.717, 1.165) is 12.1 Å². The Morgan fingerprint density at radius 2 is 1.82 bits per heavy atom. The van der Waals surface area contributed by atoms with E-state index in [1.807, 2.05) is 0 Å². The average Bonchev–Trinajstić information content (AvgIpc) is 3.18. The number of benzene rings is 2. The molecule has 6 nitrogen and oxygen atoms in total. The molecule has 0 atom stereocenters. The number of amides is 1. The number of carbonyl (C=O) groups is 1. The smallest absolute Gasteiger partial charge is 0.347 e. The Kier molecular flexibility index (Phi) is 6.17. The molecule has 2 N–H and O–H groups in total. The molecule has 1 saturated carbocycles. The van der Waals surface area contributed by atoms with Crippen LogP contribution in [0.1, 0.15) is 41.9 Å². The summed E-state index contributed by atoms with van der Waals surface area (Å²) in [6.07, 6.45) is -2.54. The molecule has 11 heteroatoms. The number of sulfone groups is 1. The summed E-state index contributed by atoms with van der Waals surface area (Å²) >= 11 is 0. The molecule has 0 saturated heterocycles. The summed E-state index contributed by atoms with van der Waals surface area (Å²) in [6.45, 7) is 0. The lowest BCUT2D eigenvalue weighted by molar-refractivity contribution is -0.137. The molecule has 0 spiro atoms. The minimum atomic E-state index is -4.62. The van der Waals surface area contributed by atoms with Crippen LogP contribution in [0.15, 0.2) is 47.4 Å². The van der Waals surface area contributed by atoms with Crippen LogP contribution in [0.5, 0.6) is 0 Å². The Labute approximate surface area is 187 Å². The number of carbonyl (C=O) groups excluding carboxylic acids is 1. The molecule has 0 unspecified atom stereocenters. The van der Waals surface area contributed by atoms with Crippen molar-refractivity contribution in [3.63, 3.8) is 0 Å². The van der Waals surface area contributed by atoms with Crippen molar-refractivity contribution in [1.29, 1.82) is 0 Å². The summed E-state index contributed by atoms with van der Waals surface area (Å²) in [5, 5.41) is 2.85. The maximum absolute atomic E-state index is 13.3. The zero-order valence-corrected chi connectivity index (χ0v) is 18.1. The molecule has 33 heavy (non-hydrogen) atoms. The predicted octanol–water partition coefficient (Wildman–Crippen LogP) is 4.48. The minimum Gasteiger partial charge on any atom is -0.347 e. The minimum absolute atomic E-state index is 0.0600. The van der Waals surface area contributed by atoms with Gasteiger partial charge in [0.05, 0.1) is 27.2 Å². The number of rotatable bonds is 5. The monoisotopic (exact) mass is 483 g/mol. The number of aromatic amines is 1. The van der Waals surface area contributed by atoms with E-state index in [9.17, 15) is 30.8 Å². The zero-order chi connectivity index (χ0) is 23.8. The van der Waals surface area contributed by atoms with Gasteiger partial charge in [-0.15, -0.1) is 0 Å². The van der Waals surface area contributed by atoms with Crippen LogP contribution in [0.2, 0.25) is 0 Å². The third-order valence-electron chi connectivity index (χ3n) is 5.82. The summed E-state index contributed by atoms with van der Waals surface area (Å²) in [5.41, 5.74) is -0.128. The summed E-state index contributed by atoms with van der Waals surface area (Å²) in [4.78, 5) is 19.1. The molecule has 0 radical (unpaired) electrons. The van der Waals surface area contributed by atoms with E-state index in [0.29, 0.717) is 42.8 Å². The van der Waals surface area contributed by atoms with Crippen molar-refractivity contribution >= 4 is 26.8 Å². The van der Waals surface area contributed by atoms with Crippen molar-refractivity contribution in [2.75, 3.05) is 5.75 Å². The topological polar surface area (TPSA) is 91.9 Å². The quantitative estimate of drug-likeness (QED) is 0.524. The van der Waals surface area contributed by atoms with E-state index >= 15 is 0 Å². The second kappa shape index (κ2) is 8.77. The third kappa shape index (κ3) is 5.35. The number of nitrogens with zero attached hydrogens (tertiary/aromatic N) is 1. The van der Waals surface area contributed by atoms with Gasteiger partial charge in [-0.2, -0.15) is 13.2 Å². The van der Waals surface area contributed by atoms with Crippen LogP contribution in [0.4, 0.5) is 17.6 Å². The molecule has 1 heterocycles. The van der Waals surface area contributed by atoms with E-state index in [4.69, 9.17) is 0 Å². The van der Waals surface area contributed by atoms with Crippen molar-refractivity contribution < 1.29 is 30.8 Å². The first-order valence-electron chi connectivity index (χ1n) is 10.4. The van der Waals surface area contributed by atoms with E-state index in [-0.39, 0.29) is 28.4 Å². The first-order valence-corrected chi connectivity index (χ1v) is 12.0. The lowest BCUT2D eigenvalue weighted by Crippen LogP contribution is -2.39. The van der Waals surface area contributed by atoms with Gasteiger partial charge >= 0.3 is 6.18 Å². The third-order valence-corrected chi connectivity index (χ3v) is 7.70. The molecule has 1 fully saturated rings. The van der Waals surface area contributed by atoms with Gasteiger partial charge in [-0.3, -0.25) is 4.79 Å². The van der Waals surface area contributed by atoms with Crippen molar-refractivity contribution in [1.82, 2.24) is 15.3 Å². The van der Waals surface area contributed by atoms with E-state index in [1.54, 1.807) is 0 Å².